The van der Waals surface area contributed by atoms with E-state index >= 15 is 0 Å². The number of unbranched alkanes of at least 4 members (excludes halogenated alkanes) is 2. The molecule has 0 amide bonds. The summed E-state index contributed by atoms with van der Waals surface area (Å²) in [5.74, 6) is 2.42. The molecule has 0 aliphatic heterocycles. The molecule has 0 saturated heterocycles. The normalized spacial score (nSPS) is 10.8. The van der Waals surface area contributed by atoms with Crippen molar-refractivity contribution < 1.29 is 9.47 Å². The summed E-state index contributed by atoms with van der Waals surface area (Å²) in [5.41, 5.74) is 14.4. The number of hydrogen-bond acceptors (Lipinski definition) is 6. The SMILES string of the molecule is CCCCCc1nc(NCc2ccc(OC)cc2)c(N)c(NCCc2ccccc2)c1Cc1ccc(OC)cc1. The molecule has 0 aliphatic rings. The van der Waals surface area contributed by atoms with E-state index in [2.05, 4.69) is 66.1 Å². The molecule has 40 heavy (non-hydrogen) atoms. The van der Waals surface area contributed by atoms with Crippen molar-refractivity contribution in [2.45, 2.75) is 52.0 Å². The standard InChI is InChI=1S/C34H42N4O2/c1-4-5-7-12-31-30(23-26-13-17-28(39-2)18-14-26)33(36-22-21-25-10-8-6-9-11-25)32(35)34(38-31)37-24-27-15-19-29(40-3)20-16-27/h6,8-11,13-20H,4-5,7,12,21-24,35H2,1-3H3,(H2,36,37,38). The van der Waals surface area contributed by atoms with E-state index in [-0.39, 0.29) is 0 Å². The topological polar surface area (TPSA) is 81.4 Å². The summed E-state index contributed by atoms with van der Waals surface area (Å²) in [6, 6.07) is 26.8. The van der Waals surface area contributed by atoms with Crippen molar-refractivity contribution in [3.63, 3.8) is 0 Å². The number of aryl methyl sites for hydroxylation is 1. The van der Waals surface area contributed by atoms with Crippen molar-refractivity contribution in [3.05, 3.63) is 107 Å². The Balaban J connectivity index is 1.66. The molecule has 0 unspecified atom stereocenters. The number of ether oxygens (including phenoxy) is 2. The first-order valence-electron chi connectivity index (χ1n) is 14.2. The molecule has 4 N–H and O–H groups in total. The van der Waals surface area contributed by atoms with Gasteiger partial charge in [0.1, 0.15) is 11.5 Å². The zero-order chi connectivity index (χ0) is 28.2. The van der Waals surface area contributed by atoms with Crippen molar-refractivity contribution in [2.24, 2.45) is 0 Å². The first-order chi connectivity index (χ1) is 19.6. The summed E-state index contributed by atoms with van der Waals surface area (Å²) in [7, 11) is 3.37. The van der Waals surface area contributed by atoms with Crippen molar-refractivity contribution in [2.75, 3.05) is 37.1 Å². The molecule has 6 nitrogen and oxygen atoms in total. The molecule has 6 heteroatoms. The number of nitrogen functional groups attached to an aromatic ring is 1. The highest BCUT2D eigenvalue weighted by Gasteiger charge is 2.19. The Morgan fingerprint density at radius 3 is 2.00 bits per heavy atom. The summed E-state index contributed by atoms with van der Waals surface area (Å²) < 4.78 is 10.7. The van der Waals surface area contributed by atoms with Crippen LogP contribution in [0.4, 0.5) is 17.2 Å². The van der Waals surface area contributed by atoms with Gasteiger partial charge in [-0.2, -0.15) is 0 Å². The van der Waals surface area contributed by atoms with Gasteiger partial charge in [0.2, 0.25) is 0 Å². The van der Waals surface area contributed by atoms with E-state index in [4.69, 9.17) is 20.2 Å². The second-order valence-corrected chi connectivity index (χ2v) is 10.0. The Morgan fingerprint density at radius 1 is 0.725 bits per heavy atom. The number of hydrogen-bond donors (Lipinski definition) is 3. The summed E-state index contributed by atoms with van der Waals surface area (Å²) in [6.45, 7) is 3.63. The van der Waals surface area contributed by atoms with Crippen LogP contribution in [0.15, 0.2) is 78.9 Å². The molecule has 0 fully saturated rings. The van der Waals surface area contributed by atoms with Crippen LogP contribution >= 0.6 is 0 Å². The molecular formula is C34H42N4O2. The fraction of sp³-hybridized carbons (Fsp3) is 0.324. The summed E-state index contributed by atoms with van der Waals surface area (Å²) in [5, 5.41) is 7.23. The molecule has 3 aromatic carbocycles. The molecule has 0 atom stereocenters. The average Bonchev–Trinajstić information content (AvgIpc) is 3.00. The van der Waals surface area contributed by atoms with Gasteiger partial charge < -0.3 is 25.8 Å². The first-order valence-corrected chi connectivity index (χ1v) is 14.2. The van der Waals surface area contributed by atoms with Crippen LogP contribution in [0, 0.1) is 0 Å². The fourth-order valence-corrected chi connectivity index (χ4v) is 4.82. The molecule has 210 valence electrons. The molecular weight excluding hydrogens is 496 g/mol. The van der Waals surface area contributed by atoms with Crippen LogP contribution in [0.3, 0.4) is 0 Å². The van der Waals surface area contributed by atoms with Crippen molar-refractivity contribution >= 4 is 17.2 Å². The van der Waals surface area contributed by atoms with Crippen molar-refractivity contribution in [3.8, 4) is 11.5 Å². The molecule has 0 aliphatic carbocycles. The van der Waals surface area contributed by atoms with Gasteiger partial charge in [-0.3, -0.25) is 0 Å². The Kier molecular flexibility index (Phi) is 10.7. The molecule has 1 heterocycles. The third-order valence-corrected chi connectivity index (χ3v) is 7.16. The minimum Gasteiger partial charge on any atom is -0.497 e. The lowest BCUT2D eigenvalue weighted by Gasteiger charge is -2.22. The molecule has 4 aromatic rings. The predicted molar refractivity (Wildman–Crippen MR) is 167 cm³/mol. The largest absolute Gasteiger partial charge is 0.497 e. The molecule has 0 spiro atoms. The highest BCUT2D eigenvalue weighted by Crippen LogP contribution is 2.35. The van der Waals surface area contributed by atoms with E-state index < -0.39 is 0 Å². The number of benzene rings is 3. The van der Waals surface area contributed by atoms with Gasteiger partial charge in [0.15, 0.2) is 5.82 Å². The minimum absolute atomic E-state index is 0.622. The van der Waals surface area contributed by atoms with Crippen LogP contribution in [-0.4, -0.2) is 25.7 Å². The lowest BCUT2D eigenvalue weighted by molar-refractivity contribution is 0.414. The summed E-state index contributed by atoms with van der Waals surface area (Å²) in [6.07, 6.45) is 5.97. The average molecular weight is 539 g/mol. The smallest absolute Gasteiger partial charge is 0.151 e. The number of nitrogens with zero attached hydrogens (tertiary/aromatic N) is 1. The van der Waals surface area contributed by atoms with Gasteiger partial charge in [0, 0.05) is 30.8 Å². The van der Waals surface area contributed by atoms with Gasteiger partial charge in [-0.05, 0) is 60.2 Å². The van der Waals surface area contributed by atoms with E-state index in [1.807, 2.05) is 30.3 Å². The lowest BCUT2D eigenvalue weighted by atomic mass is 9.97. The maximum Gasteiger partial charge on any atom is 0.151 e. The van der Waals surface area contributed by atoms with E-state index in [1.54, 1.807) is 14.2 Å². The third kappa shape index (κ3) is 7.92. The Bertz CT molecular complexity index is 1320. The first kappa shape index (κ1) is 28.8. The van der Waals surface area contributed by atoms with Crippen LogP contribution < -0.4 is 25.8 Å². The van der Waals surface area contributed by atoms with Crippen LogP contribution in [-0.2, 0) is 25.8 Å². The second kappa shape index (κ2) is 14.8. The number of rotatable bonds is 15. The highest BCUT2D eigenvalue weighted by atomic mass is 16.5. The molecule has 0 bridgehead atoms. The number of pyridine rings is 1. The Morgan fingerprint density at radius 2 is 1.38 bits per heavy atom. The number of nitrogens with two attached hydrogens (primary N) is 1. The zero-order valence-corrected chi connectivity index (χ0v) is 24.0. The molecule has 0 radical (unpaired) electrons. The maximum absolute atomic E-state index is 6.87. The summed E-state index contributed by atoms with van der Waals surface area (Å²) in [4.78, 5) is 5.12. The Labute approximate surface area is 239 Å². The predicted octanol–water partition coefficient (Wildman–Crippen LogP) is 7.27. The van der Waals surface area contributed by atoms with E-state index in [0.29, 0.717) is 12.2 Å². The van der Waals surface area contributed by atoms with Gasteiger partial charge in [-0.15, -0.1) is 0 Å². The summed E-state index contributed by atoms with van der Waals surface area (Å²) >= 11 is 0. The van der Waals surface area contributed by atoms with Crippen LogP contribution in [0.5, 0.6) is 11.5 Å². The number of methoxy groups -OCH3 is 2. The van der Waals surface area contributed by atoms with Gasteiger partial charge >= 0.3 is 0 Å². The zero-order valence-electron chi connectivity index (χ0n) is 24.0. The third-order valence-electron chi connectivity index (χ3n) is 7.16. The van der Waals surface area contributed by atoms with Gasteiger partial charge in [0.25, 0.3) is 0 Å². The molecule has 0 saturated carbocycles. The van der Waals surface area contributed by atoms with Crippen molar-refractivity contribution in [1.82, 2.24) is 4.98 Å². The maximum atomic E-state index is 6.87. The van der Waals surface area contributed by atoms with Crippen LogP contribution in [0.25, 0.3) is 0 Å². The second-order valence-electron chi connectivity index (χ2n) is 10.0. The molecule has 1 aromatic heterocycles. The van der Waals surface area contributed by atoms with Crippen LogP contribution in [0.1, 0.15) is 54.1 Å². The van der Waals surface area contributed by atoms with Crippen LogP contribution in [0.2, 0.25) is 0 Å². The van der Waals surface area contributed by atoms with Gasteiger partial charge in [-0.25, -0.2) is 4.98 Å². The fourth-order valence-electron chi connectivity index (χ4n) is 4.82. The lowest BCUT2D eigenvalue weighted by Crippen LogP contribution is -2.16. The number of aromatic nitrogens is 1. The monoisotopic (exact) mass is 538 g/mol. The van der Waals surface area contributed by atoms with Gasteiger partial charge in [0.05, 0.1) is 25.6 Å². The number of nitrogens with one attached hydrogen (secondary N) is 2. The van der Waals surface area contributed by atoms with Crippen molar-refractivity contribution in [1.29, 1.82) is 0 Å². The minimum atomic E-state index is 0.622. The van der Waals surface area contributed by atoms with E-state index in [9.17, 15) is 0 Å². The molecule has 4 rings (SSSR count). The van der Waals surface area contributed by atoms with Gasteiger partial charge in [-0.1, -0.05) is 74.4 Å². The highest BCUT2D eigenvalue weighted by molar-refractivity contribution is 5.81. The number of anilines is 3. The van der Waals surface area contributed by atoms with E-state index in [0.717, 1.165) is 72.9 Å². The Hall–Kier alpha value is -4.19. The van der Waals surface area contributed by atoms with E-state index in [1.165, 1.54) is 23.1 Å². The quantitative estimate of drug-likeness (QED) is 0.138.